The van der Waals surface area contributed by atoms with Crippen molar-refractivity contribution in [1.82, 2.24) is 10.1 Å². The molecule has 3 aromatic carbocycles. The molecule has 2 atom stereocenters. The van der Waals surface area contributed by atoms with Crippen LogP contribution in [0.15, 0.2) is 82.1 Å². The molecule has 14 nitrogen and oxygen atoms in total. The Balaban J connectivity index is 1.12. The van der Waals surface area contributed by atoms with Crippen LogP contribution < -0.4 is 20.7 Å². The zero-order valence-corrected chi connectivity index (χ0v) is 24.0. The van der Waals surface area contributed by atoms with Gasteiger partial charge in [-0.2, -0.15) is 0 Å². The average Bonchev–Trinajstić information content (AvgIpc) is 3.56. The van der Waals surface area contributed by atoms with Crippen LogP contribution in [0.2, 0.25) is 0 Å². The number of carbonyl (C=O) groups excluding carboxylic acids is 5. The van der Waals surface area contributed by atoms with Crippen LogP contribution in [0.4, 0.5) is 17.2 Å². The van der Waals surface area contributed by atoms with Crippen molar-refractivity contribution >= 4 is 68.7 Å². The number of morpholine rings is 1. The summed E-state index contributed by atoms with van der Waals surface area (Å²) < 4.78 is 16.4. The lowest BCUT2D eigenvalue weighted by molar-refractivity contribution is -0.167. The summed E-state index contributed by atoms with van der Waals surface area (Å²) in [6.45, 7) is 1.34. The number of rotatable bonds is 6. The fraction of sp³-hybridized carbons (Fsp3) is 0.156. The fourth-order valence-corrected chi connectivity index (χ4v) is 5.58. The first-order valence-corrected chi connectivity index (χ1v) is 14.1. The minimum absolute atomic E-state index is 0.00166. The monoisotopic (exact) mass is 621 g/mol. The number of imide groups is 1. The normalized spacial score (nSPS) is 17.0. The third-order valence-electron chi connectivity index (χ3n) is 7.69. The average molecular weight is 622 g/mol. The van der Waals surface area contributed by atoms with Gasteiger partial charge in [-0.15, -0.1) is 0 Å². The summed E-state index contributed by atoms with van der Waals surface area (Å²) in [5.41, 5.74) is 1.68. The third kappa shape index (κ3) is 4.86. The number of pyridine rings is 1. The van der Waals surface area contributed by atoms with Gasteiger partial charge in [-0.25, -0.2) is 4.90 Å². The number of aromatic amines is 1. The number of aromatic nitrogens is 2. The number of esters is 1. The van der Waals surface area contributed by atoms with Gasteiger partial charge in [0, 0.05) is 47.9 Å². The second kappa shape index (κ2) is 11.1. The Kier molecular flexibility index (Phi) is 6.90. The van der Waals surface area contributed by atoms with E-state index in [1.54, 1.807) is 48.5 Å². The summed E-state index contributed by atoms with van der Waals surface area (Å²) in [7, 11) is 0. The van der Waals surface area contributed by atoms with Crippen molar-refractivity contribution < 1.29 is 38.0 Å². The van der Waals surface area contributed by atoms with E-state index in [1.807, 2.05) is 0 Å². The summed E-state index contributed by atoms with van der Waals surface area (Å²) in [6.07, 6.45) is -3.11. The maximum atomic E-state index is 13.6. The van der Waals surface area contributed by atoms with E-state index in [2.05, 4.69) is 15.5 Å². The zero-order valence-electron chi connectivity index (χ0n) is 24.0. The smallest absolute Gasteiger partial charge is 0.303 e. The molecular weight excluding hydrogens is 598 g/mol. The highest BCUT2D eigenvalue weighted by molar-refractivity contribution is 6.35. The Morgan fingerprint density at radius 2 is 1.74 bits per heavy atom. The number of ether oxygens (including phenoxy) is 2. The number of nitrogens with zero attached hydrogens (tertiary/aromatic N) is 3. The van der Waals surface area contributed by atoms with Gasteiger partial charge in [0.25, 0.3) is 23.6 Å². The van der Waals surface area contributed by atoms with E-state index in [1.165, 1.54) is 29.2 Å². The molecular formula is C32H23N5O9. The van der Waals surface area contributed by atoms with E-state index in [-0.39, 0.29) is 46.9 Å². The molecule has 2 aliphatic rings. The molecule has 2 aromatic heterocycles. The van der Waals surface area contributed by atoms with E-state index in [0.717, 1.165) is 11.8 Å². The number of hydrogen-bond acceptors (Lipinski definition) is 10. The first-order chi connectivity index (χ1) is 22.2. The number of hydrogen-bond donors (Lipinski definition) is 2. The molecule has 4 heterocycles. The Morgan fingerprint density at radius 1 is 0.978 bits per heavy atom. The summed E-state index contributed by atoms with van der Waals surface area (Å²) in [5, 5.41) is 7.58. The van der Waals surface area contributed by atoms with Crippen molar-refractivity contribution in [3.63, 3.8) is 0 Å². The van der Waals surface area contributed by atoms with E-state index < -0.39 is 41.8 Å². The molecule has 46 heavy (non-hydrogen) atoms. The van der Waals surface area contributed by atoms with E-state index in [9.17, 15) is 28.8 Å². The molecule has 1 saturated heterocycles. The SMILES string of the molecule is CC(=O)O[C@@H](C(=O)Nc1ccc2c(N3C(=O)c4ccccc4C3=O)noc2c1)[C@H]1OCCN(c2ccc3[nH]c(=O)ccc3c2)C1=O. The van der Waals surface area contributed by atoms with E-state index >= 15 is 0 Å². The highest BCUT2D eigenvalue weighted by atomic mass is 16.6. The molecule has 4 amide bonds. The molecule has 0 spiro atoms. The largest absolute Gasteiger partial charge is 0.449 e. The van der Waals surface area contributed by atoms with Gasteiger partial charge in [-0.05, 0) is 48.5 Å². The summed E-state index contributed by atoms with van der Waals surface area (Å²) in [4.78, 5) is 81.8. The summed E-state index contributed by atoms with van der Waals surface area (Å²) in [5.74, 6) is -3.33. The number of amides is 4. The van der Waals surface area contributed by atoms with Crippen LogP contribution in [-0.4, -0.2) is 65.1 Å². The van der Waals surface area contributed by atoms with Gasteiger partial charge in [-0.1, -0.05) is 17.3 Å². The zero-order chi connectivity index (χ0) is 32.1. The highest BCUT2D eigenvalue weighted by Gasteiger charge is 2.43. The predicted octanol–water partition coefficient (Wildman–Crippen LogP) is 2.77. The van der Waals surface area contributed by atoms with Crippen molar-refractivity contribution in [1.29, 1.82) is 0 Å². The predicted molar refractivity (Wildman–Crippen MR) is 162 cm³/mol. The van der Waals surface area contributed by atoms with Crippen LogP contribution >= 0.6 is 0 Å². The van der Waals surface area contributed by atoms with Crippen molar-refractivity contribution in [2.75, 3.05) is 28.3 Å². The molecule has 0 bridgehead atoms. The van der Waals surface area contributed by atoms with Crippen molar-refractivity contribution in [2.24, 2.45) is 0 Å². The molecule has 1 fully saturated rings. The standard InChI is InChI=1S/C32H23N5O9/c1-16(38)45-26(27-32(43)36(12-13-44-27)19-8-10-23-17(14-19)6-11-25(39)34-23)29(40)33-18-7-9-22-24(15-18)46-35-28(22)37-30(41)20-4-2-3-5-21(20)31(37)42/h2-11,14-15,26-27H,12-13H2,1H3,(H,33,40)(H,34,39)/t26-,27-/m1/s1. The van der Waals surface area contributed by atoms with Crippen molar-refractivity contribution in [2.45, 2.75) is 19.1 Å². The van der Waals surface area contributed by atoms with Crippen molar-refractivity contribution in [3.8, 4) is 0 Å². The lowest BCUT2D eigenvalue weighted by atomic mass is 10.1. The van der Waals surface area contributed by atoms with Gasteiger partial charge in [0.1, 0.15) is 0 Å². The Bertz CT molecular complexity index is 2140. The Morgan fingerprint density at radius 3 is 2.48 bits per heavy atom. The van der Waals surface area contributed by atoms with Crippen LogP contribution in [0.25, 0.3) is 21.9 Å². The maximum absolute atomic E-state index is 13.6. The third-order valence-corrected chi connectivity index (χ3v) is 7.69. The molecule has 0 radical (unpaired) electrons. The molecule has 2 aliphatic heterocycles. The lowest BCUT2D eigenvalue weighted by Gasteiger charge is -2.35. The minimum atomic E-state index is -1.65. The number of anilines is 3. The topological polar surface area (TPSA) is 181 Å². The molecule has 7 rings (SSSR count). The Labute approximate surface area is 258 Å². The lowest BCUT2D eigenvalue weighted by Crippen LogP contribution is -2.56. The first kappa shape index (κ1) is 28.6. The number of H-pyrrole nitrogens is 1. The Hall–Kier alpha value is -6.15. The quantitative estimate of drug-likeness (QED) is 0.211. The molecule has 0 saturated carbocycles. The van der Waals surface area contributed by atoms with Crippen LogP contribution in [0.5, 0.6) is 0 Å². The van der Waals surface area contributed by atoms with Gasteiger partial charge >= 0.3 is 5.97 Å². The minimum Gasteiger partial charge on any atom is -0.449 e. The number of carbonyl (C=O) groups is 5. The second-order valence-electron chi connectivity index (χ2n) is 10.6. The summed E-state index contributed by atoms with van der Waals surface area (Å²) >= 11 is 0. The van der Waals surface area contributed by atoms with Crippen LogP contribution in [0.3, 0.4) is 0 Å². The summed E-state index contributed by atoms with van der Waals surface area (Å²) in [6, 6.07) is 18.9. The first-order valence-electron chi connectivity index (χ1n) is 14.1. The number of benzene rings is 3. The van der Waals surface area contributed by atoms with Crippen LogP contribution in [0.1, 0.15) is 27.6 Å². The number of nitrogens with one attached hydrogen (secondary N) is 2. The number of fused-ring (bicyclic) bond motifs is 3. The fourth-order valence-electron chi connectivity index (χ4n) is 5.58. The molecule has 14 heteroatoms. The van der Waals surface area contributed by atoms with E-state index in [0.29, 0.717) is 22.0 Å². The van der Waals surface area contributed by atoms with Gasteiger partial charge in [0.2, 0.25) is 11.7 Å². The van der Waals surface area contributed by atoms with Crippen molar-refractivity contribution in [3.05, 3.63) is 94.3 Å². The highest BCUT2D eigenvalue weighted by Crippen LogP contribution is 2.34. The van der Waals surface area contributed by atoms with Gasteiger partial charge < -0.3 is 29.2 Å². The van der Waals surface area contributed by atoms with E-state index in [4.69, 9.17) is 14.0 Å². The van der Waals surface area contributed by atoms with Gasteiger partial charge in [-0.3, -0.25) is 28.8 Å². The maximum Gasteiger partial charge on any atom is 0.303 e. The molecule has 0 aliphatic carbocycles. The van der Waals surface area contributed by atoms with Crippen LogP contribution in [0, 0.1) is 0 Å². The second-order valence-corrected chi connectivity index (χ2v) is 10.6. The van der Waals surface area contributed by atoms with Gasteiger partial charge in [0.05, 0.1) is 23.1 Å². The van der Waals surface area contributed by atoms with Crippen LogP contribution in [-0.2, 0) is 23.9 Å². The van der Waals surface area contributed by atoms with Gasteiger partial charge in [0.15, 0.2) is 17.5 Å². The molecule has 2 N–H and O–H groups in total. The molecule has 5 aromatic rings. The molecule has 0 unspecified atom stereocenters. The molecule has 230 valence electrons.